The minimum Gasteiger partial charge on any atom is -0.391 e. The molecular weight excluding hydrogens is 968 g/mol. The highest BCUT2D eigenvalue weighted by molar-refractivity contribution is 7.13. The number of thiazole rings is 1. The van der Waals surface area contributed by atoms with Crippen molar-refractivity contribution in [3.05, 3.63) is 105 Å². The number of hydrogen-bond acceptors (Lipinski definition) is 11. The largest absolute Gasteiger partial charge is 0.391 e. The molecule has 0 bridgehead atoms. The van der Waals surface area contributed by atoms with Crippen molar-refractivity contribution in [2.45, 2.75) is 168 Å². The molecule has 0 saturated carbocycles. The maximum absolute atomic E-state index is 14.2. The number of aliphatic hydroxyl groups is 1. The molecule has 4 heterocycles. The van der Waals surface area contributed by atoms with E-state index in [1.165, 1.54) is 4.90 Å². The second kappa shape index (κ2) is 24.5. The van der Waals surface area contributed by atoms with Crippen LogP contribution in [0.3, 0.4) is 0 Å². The number of aliphatic hydroxyl groups excluding tert-OH is 1. The van der Waals surface area contributed by atoms with Crippen molar-refractivity contribution in [1.82, 2.24) is 25.8 Å². The Morgan fingerprint density at radius 3 is 2.32 bits per heavy atom. The highest BCUT2D eigenvalue weighted by Gasteiger charge is 2.46. The van der Waals surface area contributed by atoms with Gasteiger partial charge in [-0.2, -0.15) is 0 Å². The molecular formula is C55H73ClN8O8S. The van der Waals surface area contributed by atoms with Crippen LogP contribution < -0.4 is 32.3 Å². The predicted molar refractivity (Wildman–Crippen MR) is 285 cm³/mol. The lowest BCUT2D eigenvalue weighted by molar-refractivity contribution is -0.144. The number of nitrogens with two attached hydrogens (primary N) is 2. The van der Waals surface area contributed by atoms with Crippen LogP contribution in [0.2, 0.25) is 0 Å². The summed E-state index contributed by atoms with van der Waals surface area (Å²) in [6.45, 7) is 13.6. The zero-order chi connectivity index (χ0) is 52.0. The number of aryl methyl sites for hydroxylation is 4. The van der Waals surface area contributed by atoms with E-state index < -0.39 is 59.6 Å². The number of carbonyl (C=O) groups is 6. The third-order valence-electron chi connectivity index (χ3n) is 14.4. The average Bonchev–Trinajstić information content (AvgIpc) is 4.05. The Kier molecular flexibility index (Phi) is 19.0. The van der Waals surface area contributed by atoms with E-state index in [0.717, 1.165) is 68.0 Å². The van der Waals surface area contributed by atoms with Gasteiger partial charge in [0.05, 0.1) is 58.7 Å². The minimum atomic E-state index is -0.918. The number of amides is 6. The topological polar surface area (TPSA) is 239 Å². The lowest BCUT2D eigenvalue weighted by atomic mass is 9.85. The number of aromatic nitrogens is 1. The van der Waals surface area contributed by atoms with Crippen molar-refractivity contribution >= 4 is 64.9 Å². The van der Waals surface area contributed by atoms with Crippen molar-refractivity contribution < 1.29 is 38.6 Å². The van der Waals surface area contributed by atoms with Gasteiger partial charge in [-0.25, -0.2) is 4.98 Å². The number of rotatable bonds is 20. The number of ether oxygens (including phenoxy) is 1. The van der Waals surface area contributed by atoms with Crippen molar-refractivity contribution in [1.29, 1.82) is 0 Å². The normalized spacial score (nSPS) is 20.0. The number of hydrogen-bond donors (Lipinski definition) is 6. The number of likely N-dealkylation sites (tertiary alicyclic amines) is 1. The standard InChI is InChI=1S/C55H72N8O8S.ClH/c1-31-25-35(15-16-40(31)29-71-34(4)43(23-24-46(57)65)60-52(68)45-26-39-13-10-12-37-21-22-42(56)53(69)63(45)48(37)39)11-8-9-14-47(66)61-50(55(5,6)7)54(70)62-28-41(64)27-44(62)51(67)59-32(2)36-17-19-38(20-18-36)49-33(3)58-30-72-49;/h10,12-13,15-20,25,30,32,34,41-45,50,64H,8-9,11,14,21-24,26-29,56H2,1-7H3,(H2,57,65)(H,59,67)(H,60,68)(H,61,66);1H/t32-,34+,41+,42-,43-,44-,45-,50+;/m0./s1. The molecule has 8 N–H and O–H groups in total. The molecule has 0 spiro atoms. The number of anilines is 1. The smallest absolute Gasteiger partial charge is 0.246 e. The van der Waals surface area contributed by atoms with Crippen LogP contribution in [-0.2, 0) is 59.4 Å². The molecule has 0 unspecified atom stereocenters. The number of unbranched alkanes of at least 4 members (excludes halogenated alkanes) is 1. The van der Waals surface area contributed by atoms with E-state index in [0.29, 0.717) is 25.7 Å². The lowest BCUT2D eigenvalue weighted by Crippen LogP contribution is -2.57. The van der Waals surface area contributed by atoms with Crippen molar-refractivity contribution in [2.75, 3.05) is 11.4 Å². The van der Waals surface area contributed by atoms with Gasteiger partial charge >= 0.3 is 0 Å². The molecule has 18 heteroatoms. The summed E-state index contributed by atoms with van der Waals surface area (Å²) in [4.78, 5) is 89.1. The van der Waals surface area contributed by atoms with E-state index in [1.54, 1.807) is 16.2 Å². The molecule has 0 radical (unpaired) electrons. The van der Waals surface area contributed by atoms with E-state index in [2.05, 4.69) is 27.0 Å². The van der Waals surface area contributed by atoms with Gasteiger partial charge in [-0.1, -0.05) is 81.4 Å². The molecule has 1 saturated heterocycles. The lowest BCUT2D eigenvalue weighted by Gasteiger charge is -2.35. The third kappa shape index (κ3) is 13.7. The predicted octanol–water partition coefficient (Wildman–Crippen LogP) is 5.82. The molecule has 3 aliphatic heterocycles. The quantitative estimate of drug-likeness (QED) is 0.0580. The van der Waals surface area contributed by atoms with Crippen LogP contribution in [0.25, 0.3) is 10.4 Å². The molecule has 3 aromatic carbocycles. The Bertz CT molecular complexity index is 2640. The number of nitrogens with zero attached hydrogens (tertiary/aromatic N) is 3. The Morgan fingerprint density at radius 1 is 0.932 bits per heavy atom. The SMILES string of the molecule is Cc1cc(CCCCC(=O)N[C@H](C(=O)N2C[C@H](O)C[C@H]2C(=O)N[C@@H](C)c2ccc(-c3scnc3C)cc2)C(C)(C)C)ccc1CO[C@H](C)[C@H](CCC(N)=O)NC(=O)[C@@H]1Cc2cccc3c2N1C(=O)[C@@H](N)CC3.Cl. The summed E-state index contributed by atoms with van der Waals surface area (Å²) < 4.78 is 6.34. The van der Waals surface area contributed by atoms with Gasteiger partial charge in [0.1, 0.15) is 18.1 Å². The molecule has 7 rings (SSSR count). The van der Waals surface area contributed by atoms with Crippen LogP contribution in [0.15, 0.2) is 66.2 Å². The number of halogens is 1. The van der Waals surface area contributed by atoms with E-state index >= 15 is 0 Å². The van der Waals surface area contributed by atoms with Crippen LogP contribution in [0.5, 0.6) is 0 Å². The molecule has 3 aliphatic rings. The first kappa shape index (κ1) is 56.6. The number of primary amides is 1. The second-order valence-electron chi connectivity index (χ2n) is 21.0. The van der Waals surface area contributed by atoms with E-state index in [9.17, 15) is 33.9 Å². The summed E-state index contributed by atoms with van der Waals surface area (Å²) >= 11 is 1.57. The monoisotopic (exact) mass is 1040 g/mol. The van der Waals surface area contributed by atoms with Crippen LogP contribution in [0.4, 0.5) is 5.69 Å². The Balaban J connectivity index is 0.00000869. The number of carbonyl (C=O) groups excluding carboxylic acids is 6. The van der Waals surface area contributed by atoms with Crippen LogP contribution in [0.1, 0.15) is 125 Å². The van der Waals surface area contributed by atoms with Gasteiger partial charge in [-0.05, 0) is 111 Å². The Morgan fingerprint density at radius 2 is 1.64 bits per heavy atom. The van der Waals surface area contributed by atoms with Crippen molar-refractivity contribution in [3.63, 3.8) is 0 Å². The summed E-state index contributed by atoms with van der Waals surface area (Å²) in [5, 5.41) is 19.8. The van der Waals surface area contributed by atoms with E-state index in [4.69, 9.17) is 16.2 Å². The summed E-state index contributed by atoms with van der Waals surface area (Å²) in [5.74, 6) is -2.13. The maximum Gasteiger partial charge on any atom is 0.246 e. The maximum atomic E-state index is 14.2. The van der Waals surface area contributed by atoms with Gasteiger partial charge in [0.2, 0.25) is 35.4 Å². The number of benzene rings is 3. The molecule has 1 fully saturated rings. The molecule has 394 valence electrons. The molecule has 0 aliphatic carbocycles. The highest BCUT2D eigenvalue weighted by Crippen LogP contribution is 2.39. The number of nitrogens with one attached hydrogen (secondary N) is 3. The Hall–Kier alpha value is -5.72. The van der Waals surface area contributed by atoms with E-state index in [1.807, 2.05) is 109 Å². The molecule has 8 atom stereocenters. The van der Waals surface area contributed by atoms with Crippen molar-refractivity contribution in [2.24, 2.45) is 16.9 Å². The molecule has 16 nitrogen and oxygen atoms in total. The summed E-state index contributed by atoms with van der Waals surface area (Å²) in [6, 6.07) is 15.7. The fourth-order valence-electron chi connectivity index (χ4n) is 10.1. The van der Waals surface area contributed by atoms with Gasteiger partial charge in [0.25, 0.3) is 0 Å². The van der Waals surface area contributed by atoms with Gasteiger partial charge in [0, 0.05) is 32.2 Å². The second-order valence-corrected chi connectivity index (χ2v) is 21.8. The fraction of sp³-hybridized carbons (Fsp3) is 0.509. The highest BCUT2D eigenvalue weighted by atomic mass is 35.5. The first-order chi connectivity index (χ1) is 34.2. The molecule has 73 heavy (non-hydrogen) atoms. The Labute approximate surface area is 439 Å². The minimum absolute atomic E-state index is 0. The van der Waals surface area contributed by atoms with Gasteiger partial charge < -0.3 is 42.2 Å². The molecule has 6 amide bonds. The van der Waals surface area contributed by atoms with Gasteiger partial charge in [-0.3, -0.25) is 33.7 Å². The fourth-order valence-corrected chi connectivity index (χ4v) is 11.0. The summed E-state index contributed by atoms with van der Waals surface area (Å²) in [6.07, 6.45) is 2.79. The van der Waals surface area contributed by atoms with Gasteiger partial charge in [0.15, 0.2) is 0 Å². The number of para-hydroxylation sites is 1. The first-order valence-corrected chi connectivity index (χ1v) is 26.1. The van der Waals surface area contributed by atoms with Crippen LogP contribution >= 0.6 is 23.7 Å². The average molecular weight is 1040 g/mol. The van der Waals surface area contributed by atoms with Crippen LogP contribution in [-0.4, -0.2) is 99.4 Å². The zero-order valence-electron chi connectivity index (χ0n) is 43.1. The molecule has 4 aromatic rings. The first-order valence-electron chi connectivity index (χ1n) is 25.3. The van der Waals surface area contributed by atoms with Crippen molar-refractivity contribution in [3.8, 4) is 10.4 Å². The van der Waals surface area contributed by atoms with Gasteiger partial charge in [-0.15, -0.1) is 23.7 Å². The zero-order valence-corrected chi connectivity index (χ0v) is 44.7. The summed E-state index contributed by atoms with van der Waals surface area (Å²) in [5.41, 5.74) is 21.6. The molecule has 1 aromatic heterocycles. The third-order valence-corrected chi connectivity index (χ3v) is 15.4. The van der Waals surface area contributed by atoms with Crippen LogP contribution in [0, 0.1) is 19.3 Å². The summed E-state index contributed by atoms with van der Waals surface area (Å²) in [7, 11) is 0. The number of β-amino-alcohol motifs (C(OH)–C–C–N with tert-alkyl or cyclic N) is 1. The van der Waals surface area contributed by atoms with E-state index in [-0.39, 0.29) is 80.9 Å².